The van der Waals surface area contributed by atoms with Crippen molar-refractivity contribution >= 4 is 17.3 Å². The minimum Gasteiger partial charge on any atom is -0.279 e. The number of hydrogen-bond acceptors (Lipinski definition) is 4. The van der Waals surface area contributed by atoms with E-state index in [1.54, 1.807) is 0 Å². The van der Waals surface area contributed by atoms with Gasteiger partial charge in [0.25, 0.3) is 0 Å². The largest absolute Gasteiger partial charge is 0.279 e. The average molecular weight is 633 g/mol. The molecule has 4 nitrogen and oxygen atoms in total. The maximum Gasteiger partial charge on any atom is 0.238 e. The van der Waals surface area contributed by atoms with Gasteiger partial charge in [-0.15, -0.1) is 0 Å². The molecule has 0 saturated carbocycles. The molecule has 0 unspecified atom stereocenters. The van der Waals surface area contributed by atoms with E-state index in [1.165, 1.54) is 44.5 Å². The highest BCUT2D eigenvalue weighted by molar-refractivity contribution is 5.90. The summed E-state index contributed by atoms with van der Waals surface area (Å²) in [6.45, 7) is 9.26. The van der Waals surface area contributed by atoms with Gasteiger partial charge in [-0.05, 0) is 68.8 Å². The SMILES string of the molecule is CC1(C)c2ccccc2-c2ccc(-c3nc(-c4ccccc4)nc(N(c4ccccc4)c4cccc5c4C(C)(C)c4ccccc4-5)n3)cc21. The summed E-state index contributed by atoms with van der Waals surface area (Å²) in [7, 11) is 0. The van der Waals surface area contributed by atoms with Crippen LogP contribution in [-0.4, -0.2) is 15.0 Å². The number of aromatic nitrogens is 3. The topological polar surface area (TPSA) is 41.9 Å². The molecule has 0 atom stereocenters. The molecule has 0 N–H and O–H groups in total. The third kappa shape index (κ3) is 4.48. The Hall–Kier alpha value is -5.87. The monoisotopic (exact) mass is 632 g/mol. The Bertz CT molecular complexity index is 2390. The van der Waals surface area contributed by atoms with Gasteiger partial charge in [0, 0.05) is 27.6 Å². The van der Waals surface area contributed by atoms with Gasteiger partial charge in [0.05, 0.1) is 5.69 Å². The van der Waals surface area contributed by atoms with E-state index in [0.717, 1.165) is 22.5 Å². The van der Waals surface area contributed by atoms with Gasteiger partial charge in [0.15, 0.2) is 11.6 Å². The summed E-state index contributed by atoms with van der Waals surface area (Å²) in [5, 5.41) is 0. The number of nitrogens with zero attached hydrogens (tertiary/aromatic N) is 4. The van der Waals surface area contributed by atoms with Gasteiger partial charge in [-0.3, -0.25) is 4.90 Å². The molecule has 2 aliphatic carbocycles. The molecular formula is C45H36N4. The number of fused-ring (bicyclic) bond motifs is 6. The van der Waals surface area contributed by atoms with Gasteiger partial charge >= 0.3 is 0 Å². The molecule has 4 heteroatoms. The van der Waals surface area contributed by atoms with Crippen molar-refractivity contribution in [2.45, 2.75) is 38.5 Å². The average Bonchev–Trinajstić information content (AvgIpc) is 3.52. The van der Waals surface area contributed by atoms with Crippen molar-refractivity contribution in [1.29, 1.82) is 0 Å². The molecule has 7 aromatic rings. The summed E-state index contributed by atoms with van der Waals surface area (Å²) in [6.07, 6.45) is 0. The maximum atomic E-state index is 5.33. The Labute approximate surface area is 287 Å². The Morgan fingerprint density at radius 1 is 0.429 bits per heavy atom. The molecule has 1 heterocycles. The van der Waals surface area contributed by atoms with Crippen LogP contribution in [0.4, 0.5) is 17.3 Å². The predicted molar refractivity (Wildman–Crippen MR) is 201 cm³/mol. The van der Waals surface area contributed by atoms with E-state index >= 15 is 0 Å². The molecule has 1 aromatic heterocycles. The minimum absolute atomic E-state index is 0.138. The van der Waals surface area contributed by atoms with Crippen LogP contribution in [-0.2, 0) is 10.8 Å². The lowest BCUT2D eigenvalue weighted by molar-refractivity contribution is 0.660. The van der Waals surface area contributed by atoms with Crippen molar-refractivity contribution in [3.05, 3.63) is 168 Å². The first kappa shape index (κ1) is 29.3. The number of hydrogen-bond donors (Lipinski definition) is 0. The summed E-state index contributed by atoms with van der Waals surface area (Å²) in [5.74, 6) is 1.87. The van der Waals surface area contributed by atoms with Crippen molar-refractivity contribution in [1.82, 2.24) is 15.0 Å². The van der Waals surface area contributed by atoms with Gasteiger partial charge in [-0.2, -0.15) is 9.97 Å². The lowest BCUT2D eigenvalue weighted by Gasteiger charge is -2.31. The smallest absolute Gasteiger partial charge is 0.238 e. The molecule has 0 amide bonds. The van der Waals surface area contributed by atoms with Gasteiger partial charge in [-0.1, -0.05) is 149 Å². The minimum atomic E-state index is -0.228. The van der Waals surface area contributed by atoms with Crippen LogP contribution in [0.2, 0.25) is 0 Å². The number of benzene rings is 6. The summed E-state index contributed by atoms with van der Waals surface area (Å²) >= 11 is 0. The zero-order valence-corrected chi connectivity index (χ0v) is 28.1. The fourth-order valence-corrected chi connectivity index (χ4v) is 8.10. The molecule has 0 aliphatic heterocycles. The second kappa shape index (κ2) is 10.8. The van der Waals surface area contributed by atoms with Crippen LogP contribution >= 0.6 is 0 Å². The molecule has 0 radical (unpaired) electrons. The first-order valence-corrected chi connectivity index (χ1v) is 17.0. The highest BCUT2D eigenvalue weighted by atomic mass is 15.3. The van der Waals surface area contributed by atoms with Crippen LogP contribution in [0.1, 0.15) is 49.9 Å². The summed E-state index contributed by atoms with van der Waals surface area (Å²) in [4.78, 5) is 17.9. The fourth-order valence-electron chi connectivity index (χ4n) is 8.10. The first-order valence-electron chi connectivity index (χ1n) is 17.0. The molecule has 0 saturated heterocycles. The lowest BCUT2D eigenvalue weighted by atomic mass is 9.81. The maximum absolute atomic E-state index is 5.33. The summed E-state index contributed by atoms with van der Waals surface area (Å²) in [6, 6.07) is 51.5. The van der Waals surface area contributed by atoms with Crippen LogP contribution in [0, 0.1) is 0 Å². The van der Waals surface area contributed by atoms with Crippen LogP contribution in [0.5, 0.6) is 0 Å². The van der Waals surface area contributed by atoms with Crippen LogP contribution in [0.3, 0.4) is 0 Å². The lowest BCUT2D eigenvalue weighted by Crippen LogP contribution is -2.22. The van der Waals surface area contributed by atoms with Crippen molar-refractivity contribution in [2.24, 2.45) is 0 Å². The van der Waals surface area contributed by atoms with Crippen molar-refractivity contribution in [3.63, 3.8) is 0 Å². The van der Waals surface area contributed by atoms with Gasteiger partial charge in [-0.25, -0.2) is 4.98 Å². The molecule has 2 aliphatic rings. The third-order valence-corrected chi connectivity index (χ3v) is 10.5. The Morgan fingerprint density at radius 3 is 1.69 bits per heavy atom. The Morgan fingerprint density at radius 2 is 0.980 bits per heavy atom. The molecule has 0 spiro atoms. The number of rotatable bonds is 5. The summed E-state index contributed by atoms with van der Waals surface area (Å²) in [5.41, 5.74) is 13.9. The third-order valence-electron chi connectivity index (χ3n) is 10.5. The van der Waals surface area contributed by atoms with Crippen LogP contribution in [0.15, 0.2) is 146 Å². The van der Waals surface area contributed by atoms with Crippen LogP contribution < -0.4 is 4.90 Å². The Balaban J connectivity index is 1.29. The zero-order valence-electron chi connectivity index (χ0n) is 28.1. The normalized spacial score (nSPS) is 14.4. The molecule has 49 heavy (non-hydrogen) atoms. The van der Waals surface area contributed by atoms with Gasteiger partial charge in [0.1, 0.15) is 0 Å². The van der Waals surface area contributed by atoms with Gasteiger partial charge < -0.3 is 0 Å². The van der Waals surface area contributed by atoms with E-state index in [-0.39, 0.29) is 10.8 Å². The van der Waals surface area contributed by atoms with Gasteiger partial charge in [0.2, 0.25) is 5.95 Å². The second-order valence-corrected chi connectivity index (χ2v) is 14.1. The molecular weight excluding hydrogens is 597 g/mol. The fraction of sp³-hybridized carbons (Fsp3) is 0.133. The number of anilines is 3. The first-order chi connectivity index (χ1) is 23.8. The van der Waals surface area contributed by atoms with Crippen LogP contribution in [0.25, 0.3) is 45.0 Å². The van der Waals surface area contributed by atoms with Crippen molar-refractivity contribution in [2.75, 3.05) is 4.90 Å². The van der Waals surface area contributed by atoms with Crippen molar-refractivity contribution in [3.8, 4) is 45.0 Å². The highest BCUT2D eigenvalue weighted by Gasteiger charge is 2.39. The standard InChI is InChI=1S/C45H36N4/c1-44(2)36-23-13-11-20-32(36)34-27-26-30(28-38(34)44)42-46-41(29-16-7-5-8-17-29)47-43(48-42)49(31-18-9-6-10-19-31)39-25-15-22-35-33-21-12-14-24-37(33)45(3,4)40(35)39/h5-28H,1-4H3. The molecule has 0 bridgehead atoms. The highest BCUT2D eigenvalue weighted by Crippen LogP contribution is 2.54. The molecule has 9 rings (SSSR count). The molecule has 6 aromatic carbocycles. The van der Waals surface area contributed by atoms with Crippen molar-refractivity contribution < 1.29 is 0 Å². The zero-order chi connectivity index (χ0) is 33.3. The van der Waals surface area contributed by atoms with E-state index in [0.29, 0.717) is 17.6 Å². The molecule has 0 fully saturated rings. The Kier molecular flexibility index (Phi) is 6.47. The van der Waals surface area contributed by atoms with E-state index in [9.17, 15) is 0 Å². The quantitative estimate of drug-likeness (QED) is 0.189. The second-order valence-electron chi connectivity index (χ2n) is 14.1. The predicted octanol–water partition coefficient (Wildman–Crippen LogP) is 11.3. The number of para-hydroxylation sites is 1. The van der Waals surface area contributed by atoms with E-state index in [1.807, 2.05) is 18.2 Å². The summed E-state index contributed by atoms with van der Waals surface area (Å²) < 4.78 is 0. The van der Waals surface area contributed by atoms with E-state index in [4.69, 9.17) is 15.0 Å². The molecule has 236 valence electrons. The van der Waals surface area contributed by atoms with E-state index in [2.05, 4.69) is 160 Å². The van der Waals surface area contributed by atoms with E-state index < -0.39 is 0 Å².